The van der Waals surface area contributed by atoms with Crippen molar-refractivity contribution in [3.63, 3.8) is 0 Å². The molecule has 0 aliphatic carbocycles. The normalized spacial score (nSPS) is 16.6. The minimum absolute atomic E-state index is 0.235. The van der Waals surface area contributed by atoms with Crippen LogP contribution in [0.2, 0.25) is 5.02 Å². The molecule has 0 radical (unpaired) electrons. The Hall–Kier alpha value is -1.69. The molecule has 0 N–H and O–H groups in total. The van der Waals surface area contributed by atoms with E-state index < -0.39 is 0 Å². The number of carbonyl (C=O) groups excluding carboxylic acids is 1. The Kier molecular flexibility index (Phi) is 4.29. The largest absolute Gasteiger partial charge is 0.270 e. The van der Waals surface area contributed by atoms with Gasteiger partial charge in [-0.2, -0.15) is 0 Å². The van der Waals surface area contributed by atoms with Gasteiger partial charge in [-0.15, -0.1) is 0 Å². The van der Waals surface area contributed by atoms with Crippen LogP contribution >= 0.6 is 35.6 Å². The molecule has 1 amide bonds. The Labute approximate surface area is 141 Å². The minimum atomic E-state index is -0.360. The highest BCUT2D eigenvalue weighted by Gasteiger charge is 2.33. The van der Waals surface area contributed by atoms with Gasteiger partial charge >= 0.3 is 0 Å². The summed E-state index contributed by atoms with van der Waals surface area (Å²) in [4.78, 5) is 14.4. The van der Waals surface area contributed by atoms with Crippen LogP contribution in [0.3, 0.4) is 0 Å². The number of hydrogen-bond acceptors (Lipinski definition) is 3. The smallest absolute Gasteiger partial charge is 0.268 e. The summed E-state index contributed by atoms with van der Waals surface area (Å²) >= 11 is 12.6. The van der Waals surface area contributed by atoms with Crippen molar-refractivity contribution in [2.75, 3.05) is 4.90 Å². The summed E-state index contributed by atoms with van der Waals surface area (Å²) < 4.78 is 13.4. The van der Waals surface area contributed by atoms with E-state index in [9.17, 15) is 9.18 Å². The number of anilines is 1. The Bertz CT molecular complexity index is 789. The molecule has 1 saturated heterocycles. The third-order valence-corrected chi connectivity index (χ3v) is 4.72. The number of halogens is 2. The van der Waals surface area contributed by atoms with Crippen LogP contribution in [0.5, 0.6) is 0 Å². The highest BCUT2D eigenvalue weighted by atomic mass is 35.5. The maximum atomic E-state index is 13.0. The van der Waals surface area contributed by atoms with Crippen molar-refractivity contribution < 1.29 is 9.18 Å². The monoisotopic (exact) mass is 349 g/mol. The Morgan fingerprint density at radius 3 is 2.50 bits per heavy atom. The zero-order valence-electron chi connectivity index (χ0n) is 11.1. The first-order valence-electron chi connectivity index (χ1n) is 6.34. The molecule has 0 atom stereocenters. The highest BCUT2D eigenvalue weighted by Crippen LogP contribution is 2.36. The summed E-state index contributed by atoms with van der Waals surface area (Å²) in [6.07, 6.45) is 1.71. The Morgan fingerprint density at radius 2 is 1.82 bits per heavy atom. The van der Waals surface area contributed by atoms with Gasteiger partial charge in [0.25, 0.3) is 5.91 Å². The third-order valence-electron chi connectivity index (χ3n) is 3.07. The average Bonchev–Trinajstić information content (AvgIpc) is 2.77. The number of nitrogens with zero attached hydrogens (tertiary/aromatic N) is 1. The van der Waals surface area contributed by atoms with Crippen LogP contribution < -0.4 is 4.90 Å². The van der Waals surface area contributed by atoms with E-state index in [1.54, 1.807) is 12.1 Å². The topological polar surface area (TPSA) is 20.3 Å². The average molecular weight is 350 g/mol. The molecule has 0 saturated carbocycles. The quantitative estimate of drug-likeness (QED) is 0.569. The summed E-state index contributed by atoms with van der Waals surface area (Å²) in [6, 6.07) is 12.9. The summed E-state index contributed by atoms with van der Waals surface area (Å²) in [5.41, 5.74) is 1.30. The van der Waals surface area contributed by atoms with E-state index in [1.807, 2.05) is 18.2 Å². The Balaban J connectivity index is 1.95. The Morgan fingerprint density at radius 1 is 1.14 bits per heavy atom. The number of thioether (sulfide) groups is 1. The van der Waals surface area contributed by atoms with E-state index in [0.29, 0.717) is 19.9 Å². The molecule has 3 rings (SSSR count). The zero-order chi connectivity index (χ0) is 15.7. The van der Waals surface area contributed by atoms with Crippen LogP contribution in [0.15, 0.2) is 53.4 Å². The molecule has 1 heterocycles. The first-order valence-corrected chi connectivity index (χ1v) is 7.94. The third kappa shape index (κ3) is 2.92. The standard InChI is InChI=1S/C16H9ClFNOS2/c17-13-4-2-1-3-10(13)9-14-15(20)19(16(21)22-14)12-7-5-11(18)6-8-12/h1-9H/b14-9+. The summed E-state index contributed by atoms with van der Waals surface area (Å²) in [5, 5.41) is 0.564. The fourth-order valence-corrected chi connectivity index (χ4v) is 3.49. The lowest BCUT2D eigenvalue weighted by Crippen LogP contribution is -2.27. The van der Waals surface area contributed by atoms with Gasteiger partial charge < -0.3 is 0 Å². The van der Waals surface area contributed by atoms with E-state index in [4.69, 9.17) is 23.8 Å². The molecule has 1 aliphatic heterocycles. The van der Waals surface area contributed by atoms with Gasteiger partial charge in [-0.25, -0.2) is 4.39 Å². The van der Waals surface area contributed by atoms with Gasteiger partial charge in [0.15, 0.2) is 4.32 Å². The molecular weight excluding hydrogens is 341 g/mol. The molecule has 2 aromatic carbocycles. The maximum Gasteiger partial charge on any atom is 0.270 e. The number of carbonyl (C=O) groups is 1. The van der Waals surface area contributed by atoms with E-state index in [2.05, 4.69) is 0 Å². The molecule has 2 nitrogen and oxygen atoms in total. The lowest BCUT2D eigenvalue weighted by Gasteiger charge is -2.14. The number of thiocarbonyl (C=S) groups is 1. The van der Waals surface area contributed by atoms with Crippen molar-refractivity contribution in [3.05, 3.63) is 69.8 Å². The van der Waals surface area contributed by atoms with Gasteiger partial charge in [0.2, 0.25) is 0 Å². The predicted octanol–water partition coefficient (Wildman–Crippen LogP) is 4.88. The molecule has 110 valence electrons. The van der Waals surface area contributed by atoms with E-state index in [0.717, 1.165) is 5.56 Å². The van der Waals surface area contributed by atoms with Gasteiger partial charge in [0, 0.05) is 5.02 Å². The summed E-state index contributed by atoms with van der Waals surface area (Å²) in [7, 11) is 0. The molecule has 22 heavy (non-hydrogen) atoms. The van der Waals surface area contributed by atoms with Crippen molar-refractivity contribution in [3.8, 4) is 0 Å². The molecule has 0 aromatic heterocycles. The molecule has 0 spiro atoms. The van der Waals surface area contributed by atoms with Crippen molar-refractivity contribution in [1.82, 2.24) is 0 Å². The molecule has 0 bridgehead atoms. The zero-order valence-corrected chi connectivity index (χ0v) is 13.5. The van der Waals surface area contributed by atoms with Gasteiger partial charge in [0.05, 0.1) is 10.6 Å². The first kappa shape index (κ1) is 15.2. The number of rotatable bonds is 2. The van der Waals surface area contributed by atoms with Gasteiger partial charge in [-0.05, 0) is 42.0 Å². The van der Waals surface area contributed by atoms with Crippen LogP contribution in [0, 0.1) is 5.82 Å². The summed E-state index contributed by atoms with van der Waals surface area (Å²) in [5.74, 6) is -0.595. The lowest BCUT2D eigenvalue weighted by molar-refractivity contribution is -0.113. The molecule has 0 unspecified atom stereocenters. The van der Waals surface area contributed by atoms with Gasteiger partial charge in [-0.1, -0.05) is 53.8 Å². The molecule has 6 heteroatoms. The fraction of sp³-hybridized carbons (Fsp3) is 0. The van der Waals surface area contributed by atoms with Gasteiger partial charge in [0.1, 0.15) is 5.82 Å². The predicted molar refractivity (Wildman–Crippen MR) is 93.5 cm³/mol. The molecule has 1 fully saturated rings. The van der Waals surface area contributed by atoms with Crippen molar-refractivity contribution in [2.45, 2.75) is 0 Å². The summed E-state index contributed by atoms with van der Waals surface area (Å²) in [6.45, 7) is 0. The lowest BCUT2D eigenvalue weighted by atomic mass is 10.2. The molecule has 2 aromatic rings. The van der Waals surface area contributed by atoms with Crippen LogP contribution in [0.1, 0.15) is 5.56 Å². The van der Waals surface area contributed by atoms with E-state index >= 15 is 0 Å². The van der Waals surface area contributed by atoms with Crippen LogP contribution in [0.25, 0.3) is 6.08 Å². The van der Waals surface area contributed by atoms with Crippen LogP contribution in [-0.2, 0) is 4.79 Å². The highest BCUT2D eigenvalue weighted by molar-refractivity contribution is 8.27. The van der Waals surface area contributed by atoms with E-state index in [-0.39, 0.29) is 11.7 Å². The number of hydrogen-bond donors (Lipinski definition) is 0. The van der Waals surface area contributed by atoms with Crippen molar-refractivity contribution in [2.24, 2.45) is 0 Å². The number of benzene rings is 2. The number of amides is 1. The SMILES string of the molecule is O=C1/C(=C\c2ccccc2Cl)SC(=S)N1c1ccc(F)cc1. The maximum absolute atomic E-state index is 13.0. The second kappa shape index (κ2) is 6.20. The van der Waals surface area contributed by atoms with Gasteiger partial charge in [-0.3, -0.25) is 9.69 Å². The fourth-order valence-electron chi connectivity index (χ4n) is 2.01. The van der Waals surface area contributed by atoms with Crippen molar-refractivity contribution in [1.29, 1.82) is 0 Å². The molecule has 1 aliphatic rings. The first-order chi connectivity index (χ1) is 10.6. The molecular formula is C16H9ClFNOS2. The van der Waals surface area contributed by atoms with E-state index in [1.165, 1.54) is 40.9 Å². The second-order valence-electron chi connectivity index (χ2n) is 4.52. The minimum Gasteiger partial charge on any atom is -0.268 e. The van der Waals surface area contributed by atoms with Crippen molar-refractivity contribution >= 4 is 57.6 Å². The van der Waals surface area contributed by atoms with Crippen LogP contribution in [0.4, 0.5) is 10.1 Å². The second-order valence-corrected chi connectivity index (χ2v) is 6.60. The van der Waals surface area contributed by atoms with Crippen LogP contribution in [-0.4, -0.2) is 10.2 Å².